The summed E-state index contributed by atoms with van der Waals surface area (Å²) in [6.07, 6.45) is 2.66. The molecule has 1 atom stereocenters. The van der Waals surface area contributed by atoms with Crippen molar-refractivity contribution in [3.63, 3.8) is 0 Å². The summed E-state index contributed by atoms with van der Waals surface area (Å²) in [4.78, 5) is 39.6. The summed E-state index contributed by atoms with van der Waals surface area (Å²) in [6, 6.07) is 27.3. The molecule has 3 aromatic rings. The van der Waals surface area contributed by atoms with Gasteiger partial charge in [0.2, 0.25) is 0 Å². The Bertz CT molecular complexity index is 1560. The summed E-state index contributed by atoms with van der Waals surface area (Å²) in [7, 11) is 1.28. The lowest BCUT2D eigenvalue weighted by molar-refractivity contribution is -0.384. The minimum atomic E-state index is -0.793. The summed E-state index contributed by atoms with van der Waals surface area (Å²) in [5.74, 6) is -1.92. The van der Waals surface area contributed by atoms with Crippen LogP contribution in [0.25, 0.3) is 0 Å². The Morgan fingerprint density at radius 1 is 0.870 bits per heavy atom. The number of ether oxygens (including phenoxy) is 2. The highest BCUT2D eigenvalue weighted by atomic mass is 35.5. The quantitative estimate of drug-likeness (QED) is 0.116. The van der Waals surface area contributed by atoms with Gasteiger partial charge in [0.05, 0.1) is 35.7 Å². The van der Waals surface area contributed by atoms with Gasteiger partial charge < -0.3 is 19.7 Å². The Hall–Kier alpha value is -4.47. The first-order chi connectivity index (χ1) is 21.7. The molecule has 242 valence electrons. The van der Waals surface area contributed by atoms with Crippen molar-refractivity contribution in [2.45, 2.75) is 44.4 Å². The molecule has 10 heteroatoms. The lowest BCUT2D eigenvalue weighted by atomic mass is 9.68. The number of methoxy groups -OCH3 is 1. The number of rotatable bonds is 10. The zero-order valence-electron chi connectivity index (χ0n) is 26.4. The number of allylic oxidation sites excluding steroid dienone is 2. The molecule has 0 bridgehead atoms. The summed E-state index contributed by atoms with van der Waals surface area (Å²) in [6.45, 7) is 6.37. The zero-order chi connectivity index (χ0) is 32.0. The van der Waals surface area contributed by atoms with Crippen molar-refractivity contribution in [3.05, 3.63) is 134 Å². The van der Waals surface area contributed by atoms with Gasteiger partial charge in [-0.15, -0.1) is 12.4 Å². The van der Waals surface area contributed by atoms with Crippen molar-refractivity contribution in [1.29, 1.82) is 0 Å². The van der Waals surface area contributed by atoms with Gasteiger partial charge in [-0.3, -0.25) is 10.1 Å². The predicted octanol–water partition coefficient (Wildman–Crippen LogP) is 6.44. The number of carbonyl (C=O) groups is 2. The van der Waals surface area contributed by atoms with Gasteiger partial charge in [0.15, 0.2) is 0 Å². The van der Waals surface area contributed by atoms with E-state index >= 15 is 0 Å². The lowest BCUT2D eigenvalue weighted by Crippen LogP contribution is -2.43. The second kappa shape index (κ2) is 15.2. The molecule has 0 saturated carbocycles. The zero-order valence-corrected chi connectivity index (χ0v) is 27.2. The van der Waals surface area contributed by atoms with Crippen LogP contribution in [0, 0.1) is 10.1 Å². The van der Waals surface area contributed by atoms with Gasteiger partial charge >= 0.3 is 11.9 Å². The Labute approximate surface area is 275 Å². The normalized spacial score (nSPS) is 17.8. The molecule has 0 aliphatic carbocycles. The number of nitro benzene ring substituents is 1. The number of likely N-dealkylation sites (tertiary alicyclic amines) is 1. The molecule has 1 saturated heterocycles. The first kappa shape index (κ1) is 34.4. The molecule has 0 radical (unpaired) electrons. The number of nitrogens with zero attached hydrogens (tertiary/aromatic N) is 2. The van der Waals surface area contributed by atoms with Crippen molar-refractivity contribution in [3.8, 4) is 0 Å². The van der Waals surface area contributed by atoms with Gasteiger partial charge in [0.1, 0.15) is 0 Å². The lowest BCUT2D eigenvalue weighted by Gasteiger charge is -2.43. The Morgan fingerprint density at radius 2 is 1.39 bits per heavy atom. The molecular weight excluding hydrogens is 606 g/mol. The van der Waals surface area contributed by atoms with Crippen molar-refractivity contribution >= 4 is 30.0 Å². The fourth-order valence-corrected chi connectivity index (χ4v) is 6.71. The second-order valence-corrected chi connectivity index (χ2v) is 11.6. The average molecular weight is 646 g/mol. The molecule has 0 amide bonds. The van der Waals surface area contributed by atoms with E-state index in [0.717, 1.165) is 32.5 Å². The van der Waals surface area contributed by atoms with Gasteiger partial charge in [-0.2, -0.15) is 0 Å². The Balaban J connectivity index is 0.00000480. The standard InChI is InChI=1S/C36H39N3O6.ClH/c1-25-31(34(40)44-3)33(27-15-17-30(18-16-27)39(42)43)32(26(2)37-25)35(41)45-24-10-21-38-22-19-36(20-23-38,28-11-6-4-7-12-28)29-13-8-5-9-14-29;/h4-9,11-18,33,37H,10,19-24H2,1-3H3;1H. The number of halogens is 1. The summed E-state index contributed by atoms with van der Waals surface area (Å²) in [5.41, 5.74) is 4.77. The molecule has 46 heavy (non-hydrogen) atoms. The van der Waals surface area contributed by atoms with Crippen LogP contribution in [-0.4, -0.2) is 55.1 Å². The molecule has 2 aliphatic heterocycles. The number of nitro groups is 1. The number of dihydropyridines is 1. The van der Waals surface area contributed by atoms with Crippen LogP contribution in [0.1, 0.15) is 55.7 Å². The van der Waals surface area contributed by atoms with Gasteiger partial charge in [0.25, 0.3) is 5.69 Å². The van der Waals surface area contributed by atoms with Crippen LogP contribution >= 0.6 is 12.4 Å². The highest BCUT2D eigenvalue weighted by Crippen LogP contribution is 2.42. The van der Waals surface area contributed by atoms with Crippen LogP contribution in [0.3, 0.4) is 0 Å². The maximum Gasteiger partial charge on any atom is 0.336 e. The molecule has 0 spiro atoms. The predicted molar refractivity (Wildman–Crippen MR) is 179 cm³/mol. The number of benzene rings is 3. The van der Waals surface area contributed by atoms with E-state index in [1.807, 2.05) is 0 Å². The highest BCUT2D eigenvalue weighted by Gasteiger charge is 2.39. The number of hydrogen-bond acceptors (Lipinski definition) is 8. The molecule has 2 aliphatic rings. The maximum absolute atomic E-state index is 13.6. The topological polar surface area (TPSA) is 111 Å². The van der Waals surface area contributed by atoms with Crippen molar-refractivity contribution in [2.24, 2.45) is 0 Å². The molecule has 1 fully saturated rings. The minimum Gasteiger partial charge on any atom is -0.466 e. The third-order valence-electron chi connectivity index (χ3n) is 9.04. The number of hydrogen-bond donors (Lipinski definition) is 1. The van der Waals surface area contributed by atoms with Gasteiger partial charge in [-0.25, -0.2) is 9.59 Å². The minimum absolute atomic E-state index is 0. The van der Waals surface area contributed by atoms with Crippen LogP contribution in [0.15, 0.2) is 107 Å². The fraction of sp³-hybridized carbons (Fsp3) is 0.333. The molecule has 9 nitrogen and oxygen atoms in total. The Morgan fingerprint density at radius 3 is 1.89 bits per heavy atom. The van der Waals surface area contributed by atoms with E-state index in [9.17, 15) is 19.7 Å². The van der Waals surface area contributed by atoms with E-state index in [1.165, 1.54) is 30.4 Å². The molecule has 5 rings (SSSR count). The molecule has 3 aromatic carbocycles. The van der Waals surface area contributed by atoms with Crippen LogP contribution in [-0.2, 0) is 24.5 Å². The SMILES string of the molecule is COC(=O)C1=C(C)NC(C)=C(C(=O)OCCCN2CCC(c3ccccc3)(c3ccccc3)CC2)C1c1ccc([N+](=O)[O-])cc1.Cl. The molecule has 1 unspecified atom stereocenters. The van der Waals surface area contributed by atoms with Crippen molar-refractivity contribution < 1.29 is 24.0 Å². The van der Waals surface area contributed by atoms with E-state index in [4.69, 9.17) is 9.47 Å². The summed E-state index contributed by atoms with van der Waals surface area (Å²) < 4.78 is 10.8. The van der Waals surface area contributed by atoms with Crippen LogP contribution in [0.4, 0.5) is 5.69 Å². The highest BCUT2D eigenvalue weighted by molar-refractivity contribution is 5.99. The van der Waals surface area contributed by atoms with Crippen molar-refractivity contribution in [1.82, 2.24) is 10.2 Å². The molecule has 0 aromatic heterocycles. The van der Waals surface area contributed by atoms with E-state index in [-0.39, 0.29) is 41.3 Å². The first-order valence-electron chi connectivity index (χ1n) is 15.3. The number of non-ortho nitro benzene ring substituents is 1. The number of nitrogens with one attached hydrogen (secondary N) is 1. The third kappa shape index (κ3) is 7.16. The summed E-state index contributed by atoms with van der Waals surface area (Å²) >= 11 is 0. The second-order valence-electron chi connectivity index (χ2n) is 11.6. The van der Waals surface area contributed by atoms with Crippen LogP contribution in [0.5, 0.6) is 0 Å². The van der Waals surface area contributed by atoms with E-state index in [2.05, 4.69) is 70.9 Å². The Kier molecular flexibility index (Phi) is 11.4. The number of piperidine rings is 1. The summed E-state index contributed by atoms with van der Waals surface area (Å²) in [5, 5.41) is 14.4. The monoisotopic (exact) mass is 645 g/mol. The van der Waals surface area contributed by atoms with Gasteiger partial charge in [-0.1, -0.05) is 72.8 Å². The van der Waals surface area contributed by atoms with E-state index in [0.29, 0.717) is 23.4 Å². The largest absolute Gasteiger partial charge is 0.466 e. The fourth-order valence-electron chi connectivity index (χ4n) is 6.71. The van der Waals surface area contributed by atoms with Gasteiger partial charge in [0, 0.05) is 35.5 Å². The smallest absolute Gasteiger partial charge is 0.336 e. The van der Waals surface area contributed by atoms with Crippen molar-refractivity contribution in [2.75, 3.05) is 33.4 Å². The van der Waals surface area contributed by atoms with E-state index < -0.39 is 22.8 Å². The molecule has 2 heterocycles. The maximum atomic E-state index is 13.6. The third-order valence-corrected chi connectivity index (χ3v) is 9.04. The van der Waals surface area contributed by atoms with Crippen LogP contribution in [0.2, 0.25) is 0 Å². The average Bonchev–Trinajstić information content (AvgIpc) is 3.07. The molecule has 1 N–H and O–H groups in total. The first-order valence-corrected chi connectivity index (χ1v) is 15.3. The molecular formula is C36H40ClN3O6. The van der Waals surface area contributed by atoms with Crippen LogP contribution < -0.4 is 5.32 Å². The number of esters is 2. The van der Waals surface area contributed by atoms with Gasteiger partial charge in [-0.05, 0) is 62.9 Å². The van der Waals surface area contributed by atoms with E-state index in [1.54, 1.807) is 26.0 Å². The number of carbonyl (C=O) groups excluding carboxylic acids is 2.